The Morgan fingerprint density at radius 1 is 1.27 bits per heavy atom. The van der Waals surface area contributed by atoms with E-state index < -0.39 is 28.0 Å². The van der Waals surface area contributed by atoms with Crippen molar-refractivity contribution < 1.29 is 27.3 Å². The van der Waals surface area contributed by atoms with E-state index in [2.05, 4.69) is 5.32 Å². The maximum atomic E-state index is 12.5. The van der Waals surface area contributed by atoms with E-state index in [1.807, 2.05) is 4.72 Å². The lowest BCUT2D eigenvalue weighted by molar-refractivity contribution is -0.126. The van der Waals surface area contributed by atoms with Gasteiger partial charge < -0.3 is 10.1 Å². The molecule has 10 heteroatoms. The van der Waals surface area contributed by atoms with Crippen LogP contribution >= 0.6 is 0 Å². The van der Waals surface area contributed by atoms with Crippen molar-refractivity contribution in [2.45, 2.75) is 45.4 Å². The molecule has 1 aliphatic rings. The van der Waals surface area contributed by atoms with Gasteiger partial charge in [-0.25, -0.2) is 4.79 Å². The zero-order valence-corrected chi connectivity index (χ0v) is 15.9. The maximum Gasteiger partial charge on any atom is 0.411 e. The molecular weight excluding hydrogens is 362 g/mol. The van der Waals surface area contributed by atoms with Crippen LogP contribution in [-0.2, 0) is 32.8 Å². The number of nitrogens with zero attached hydrogens (tertiary/aromatic N) is 1. The van der Waals surface area contributed by atoms with E-state index in [4.69, 9.17) is 9.29 Å². The third-order valence-corrected chi connectivity index (χ3v) is 4.25. The van der Waals surface area contributed by atoms with Gasteiger partial charge in [-0.1, -0.05) is 6.07 Å². The number of carbonyl (C=O) groups excluding carboxylic acids is 2. The summed E-state index contributed by atoms with van der Waals surface area (Å²) < 4.78 is 38.2. The van der Waals surface area contributed by atoms with Crippen LogP contribution in [0.2, 0.25) is 0 Å². The first-order chi connectivity index (χ1) is 11.9. The highest BCUT2D eigenvalue weighted by molar-refractivity contribution is 7.87. The van der Waals surface area contributed by atoms with Crippen molar-refractivity contribution in [1.29, 1.82) is 0 Å². The summed E-state index contributed by atoms with van der Waals surface area (Å²) in [5, 5.41) is 2.54. The van der Waals surface area contributed by atoms with Crippen molar-refractivity contribution in [2.24, 2.45) is 0 Å². The zero-order chi connectivity index (χ0) is 19.7. The summed E-state index contributed by atoms with van der Waals surface area (Å²) >= 11 is 0. The Hall–Kier alpha value is -2.33. The Bertz CT molecular complexity index is 816. The first-order valence-electron chi connectivity index (χ1n) is 7.98. The van der Waals surface area contributed by atoms with Gasteiger partial charge in [0.2, 0.25) is 5.91 Å². The lowest BCUT2D eigenvalue weighted by Crippen LogP contribution is -2.53. The predicted octanol–water partition coefficient (Wildman–Crippen LogP) is 1.31. The number of fused-ring (bicyclic) bond motifs is 1. The smallest absolute Gasteiger partial charge is 0.411 e. The quantitative estimate of drug-likeness (QED) is 0.674. The normalized spacial score (nSPS) is 17.3. The third kappa shape index (κ3) is 5.09. The van der Waals surface area contributed by atoms with Crippen LogP contribution in [0.3, 0.4) is 0 Å². The van der Waals surface area contributed by atoms with Crippen LogP contribution in [-0.4, -0.2) is 48.6 Å². The fourth-order valence-electron chi connectivity index (χ4n) is 2.71. The second-order valence-electron chi connectivity index (χ2n) is 7.00. The number of hydrogen-bond donors (Lipinski definition) is 3. The van der Waals surface area contributed by atoms with E-state index in [0.717, 1.165) is 5.56 Å². The number of rotatable bonds is 3. The molecule has 2 rings (SSSR count). The first kappa shape index (κ1) is 20.0. The van der Waals surface area contributed by atoms with Crippen LogP contribution < -0.4 is 10.0 Å². The SMILES string of the molecule is CNC(=O)[C@H]1Cc2ccc(NS(=O)(=O)O)cc2CN1C(=O)OC(C)(C)C. The molecule has 1 atom stereocenters. The summed E-state index contributed by atoms with van der Waals surface area (Å²) in [6, 6.07) is 3.92. The van der Waals surface area contributed by atoms with E-state index >= 15 is 0 Å². The Labute approximate surface area is 152 Å². The van der Waals surface area contributed by atoms with Gasteiger partial charge in [0, 0.05) is 13.5 Å². The Balaban J connectivity index is 2.35. The van der Waals surface area contributed by atoms with E-state index in [1.165, 1.54) is 24.1 Å². The molecule has 1 aromatic rings. The van der Waals surface area contributed by atoms with Crippen molar-refractivity contribution >= 4 is 28.0 Å². The topological polar surface area (TPSA) is 125 Å². The van der Waals surface area contributed by atoms with Gasteiger partial charge in [0.05, 0.1) is 12.2 Å². The molecule has 0 fully saturated rings. The molecule has 0 radical (unpaired) electrons. The number of anilines is 1. The Morgan fingerprint density at radius 3 is 2.46 bits per heavy atom. The molecule has 2 amide bonds. The van der Waals surface area contributed by atoms with Crippen molar-refractivity contribution in [1.82, 2.24) is 10.2 Å². The molecule has 0 unspecified atom stereocenters. The fourth-order valence-corrected chi connectivity index (χ4v) is 3.13. The largest absolute Gasteiger partial charge is 0.444 e. The van der Waals surface area contributed by atoms with Crippen molar-refractivity contribution in [2.75, 3.05) is 11.8 Å². The van der Waals surface area contributed by atoms with Gasteiger partial charge in [-0.05, 0) is 44.0 Å². The molecule has 0 aromatic heterocycles. The monoisotopic (exact) mass is 385 g/mol. The van der Waals surface area contributed by atoms with Crippen LogP contribution in [0.15, 0.2) is 18.2 Å². The van der Waals surface area contributed by atoms with Gasteiger partial charge in [-0.3, -0.25) is 19.0 Å². The lowest BCUT2D eigenvalue weighted by atomic mass is 9.93. The molecule has 0 bridgehead atoms. The molecule has 1 aromatic carbocycles. The molecule has 3 N–H and O–H groups in total. The van der Waals surface area contributed by atoms with Crippen LogP contribution in [0, 0.1) is 0 Å². The van der Waals surface area contributed by atoms with E-state index in [0.29, 0.717) is 5.56 Å². The zero-order valence-electron chi connectivity index (χ0n) is 15.1. The average Bonchev–Trinajstić information content (AvgIpc) is 2.49. The molecule has 1 heterocycles. The second-order valence-corrected chi connectivity index (χ2v) is 8.16. The molecule has 0 spiro atoms. The standard InChI is InChI=1S/C16H23N3O6S/c1-16(2,3)25-15(21)19-9-11-7-12(18-26(22,23)24)6-5-10(11)8-13(19)14(20)17-4/h5-7,13,18H,8-9H2,1-4H3,(H,17,20)(H,22,23,24)/t13-/m1/s1. The van der Waals surface area contributed by atoms with Gasteiger partial charge in [0.1, 0.15) is 11.6 Å². The number of benzene rings is 1. The second kappa shape index (κ2) is 7.12. The van der Waals surface area contributed by atoms with Crippen LogP contribution in [0.25, 0.3) is 0 Å². The van der Waals surface area contributed by atoms with Gasteiger partial charge in [-0.2, -0.15) is 8.42 Å². The van der Waals surface area contributed by atoms with Crippen molar-refractivity contribution in [3.8, 4) is 0 Å². The van der Waals surface area contributed by atoms with Crippen LogP contribution in [0.5, 0.6) is 0 Å². The Morgan fingerprint density at radius 2 is 1.92 bits per heavy atom. The van der Waals surface area contributed by atoms with Gasteiger partial charge >= 0.3 is 16.4 Å². The molecular formula is C16H23N3O6S. The fraction of sp³-hybridized carbons (Fsp3) is 0.500. The van der Waals surface area contributed by atoms with Crippen LogP contribution in [0.1, 0.15) is 31.9 Å². The number of ether oxygens (including phenoxy) is 1. The third-order valence-electron chi connectivity index (χ3n) is 3.76. The summed E-state index contributed by atoms with van der Waals surface area (Å²) in [6.07, 6.45) is -0.370. The highest BCUT2D eigenvalue weighted by Gasteiger charge is 2.36. The first-order valence-corrected chi connectivity index (χ1v) is 9.42. The van der Waals surface area contributed by atoms with E-state index in [1.54, 1.807) is 26.8 Å². The summed E-state index contributed by atoms with van der Waals surface area (Å²) in [7, 11) is -2.91. The highest BCUT2D eigenvalue weighted by Crippen LogP contribution is 2.28. The molecule has 0 saturated heterocycles. The molecule has 0 saturated carbocycles. The maximum absolute atomic E-state index is 12.5. The van der Waals surface area contributed by atoms with Gasteiger partial charge in [0.25, 0.3) is 0 Å². The lowest BCUT2D eigenvalue weighted by Gasteiger charge is -2.36. The number of likely N-dealkylation sites (N-methyl/N-ethyl adjacent to an activating group) is 1. The summed E-state index contributed by atoms with van der Waals surface area (Å²) in [5.74, 6) is -0.318. The summed E-state index contributed by atoms with van der Waals surface area (Å²) in [6.45, 7) is 5.26. The van der Waals surface area contributed by atoms with Gasteiger partial charge in [0.15, 0.2) is 0 Å². The number of hydrogen-bond acceptors (Lipinski definition) is 5. The average molecular weight is 385 g/mol. The van der Waals surface area contributed by atoms with Crippen molar-refractivity contribution in [3.05, 3.63) is 29.3 Å². The minimum absolute atomic E-state index is 0.0727. The Kier molecular flexibility index (Phi) is 5.47. The van der Waals surface area contributed by atoms with Crippen LogP contribution in [0.4, 0.5) is 10.5 Å². The summed E-state index contributed by atoms with van der Waals surface area (Å²) in [5.41, 5.74) is 0.900. The number of carbonyl (C=O) groups is 2. The van der Waals surface area contributed by atoms with Gasteiger partial charge in [-0.15, -0.1) is 0 Å². The molecule has 9 nitrogen and oxygen atoms in total. The number of nitrogens with one attached hydrogen (secondary N) is 2. The summed E-state index contributed by atoms with van der Waals surface area (Å²) in [4.78, 5) is 26.1. The molecule has 144 valence electrons. The van der Waals surface area contributed by atoms with E-state index in [-0.39, 0.29) is 24.6 Å². The molecule has 26 heavy (non-hydrogen) atoms. The molecule has 1 aliphatic heterocycles. The minimum atomic E-state index is -4.41. The number of amides is 2. The highest BCUT2D eigenvalue weighted by atomic mass is 32.2. The minimum Gasteiger partial charge on any atom is -0.444 e. The van der Waals surface area contributed by atoms with Crippen molar-refractivity contribution in [3.63, 3.8) is 0 Å². The molecule has 0 aliphatic carbocycles. The predicted molar refractivity (Wildman–Crippen MR) is 94.9 cm³/mol. The van der Waals surface area contributed by atoms with E-state index in [9.17, 15) is 18.0 Å².